The normalized spacial score (nSPS) is 24.5. The summed E-state index contributed by atoms with van der Waals surface area (Å²) in [5.41, 5.74) is 1.24. The first-order valence-electron chi connectivity index (χ1n) is 7.64. The van der Waals surface area contributed by atoms with Gasteiger partial charge in [0.25, 0.3) is 5.89 Å². The Bertz CT molecular complexity index is 607. The zero-order valence-corrected chi connectivity index (χ0v) is 12.6. The summed E-state index contributed by atoms with van der Waals surface area (Å²) in [5, 5.41) is 10.7. The van der Waals surface area contributed by atoms with Crippen molar-refractivity contribution in [1.82, 2.24) is 30.1 Å². The minimum atomic E-state index is -0.0992. The van der Waals surface area contributed by atoms with Gasteiger partial charge in [0.05, 0.1) is 12.8 Å². The molecular formula is C14H20N6O2. The van der Waals surface area contributed by atoms with Crippen LogP contribution in [0, 0.1) is 6.92 Å². The highest BCUT2D eigenvalue weighted by Crippen LogP contribution is 2.25. The fourth-order valence-corrected chi connectivity index (χ4v) is 3.12. The fraction of sp³-hybridized carbons (Fsp3) is 0.643. The van der Waals surface area contributed by atoms with Crippen molar-refractivity contribution in [2.75, 3.05) is 32.8 Å². The van der Waals surface area contributed by atoms with E-state index in [-0.39, 0.29) is 6.10 Å². The molecule has 0 aromatic carbocycles. The maximum Gasteiger partial charge on any atom is 0.257 e. The predicted molar refractivity (Wildman–Crippen MR) is 77.0 cm³/mol. The van der Waals surface area contributed by atoms with Crippen molar-refractivity contribution in [2.45, 2.75) is 25.6 Å². The first-order valence-corrected chi connectivity index (χ1v) is 7.64. The topological polar surface area (TPSA) is 83.3 Å². The highest BCUT2D eigenvalue weighted by atomic mass is 16.5. The van der Waals surface area contributed by atoms with Crippen LogP contribution in [0.1, 0.15) is 23.4 Å². The lowest BCUT2D eigenvalue weighted by Gasteiger charge is -2.47. The van der Waals surface area contributed by atoms with Crippen LogP contribution in [0.2, 0.25) is 0 Å². The van der Waals surface area contributed by atoms with E-state index >= 15 is 0 Å². The molecule has 4 rings (SSSR count). The summed E-state index contributed by atoms with van der Waals surface area (Å²) >= 11 is 0. The molecule has 0 amide bonds. The summed E-state index contributed by atoms with van der Waals surface area (Å²) < 4.78 is 11.0. The van der Waals surface area contributed by atoms with Gasteiger partial charge in [-0.3, -0.25) is 14.9 Å². The van der Waals surface area contributed by atoms with E-state index in [9.17, 15) is 0 Å². The van der Waals surface area contributed by atoms with Crippen LogP contribution in [0.3, 0.4) is 0 Å². The van der Waals surface area contributed by atoms with Gasteiger partial charge in [0.1, 0.15) is 6.10 Å². The van der Waals surface area contributed by atoms with Crippen molar-refractivity contribution in [2.24, 2.45) is 0 Å². The van der Waals surface area contributed by atoms with Crippen LogP contribution in [0.15, 0.2) is 16.9 Å². The minimum Gasteiger partial charge on any atom is -0.366 e. The highest BCUT2D eigenvalue weighted by Gasteiger charge is 2.36. The molecular weight excluding hydrogens is 284 g/mol. The van der Waals surface area contributed by atoms with E-state index < -0.39 is 0 Å². The number of morpholine rings is 1. The lowest BCUT2D eigenvalue weighted by molar-refractivity contribution is -0.0843. The van der Waals surface area contributed by atoms with Gasteiger partial charge in [0, 0.05) is 50.5 Å². The van der Waals surface area contributed by atoms with Crippen molar-refractivity contribution in [3.63, 3.8) is 0 Å². The number of nitrogens with zero attached hydrogens (tertiary/aromatic N) is 5. The van der Waals surface area contributed by atoms with Crippen LogP contribution >= 0.6 is 0 Å². The molecule has 2 aromatic heterocycles. The van der Waals surface area contributed by atoms with Gasteiger partial charge in [-0.1, -0.05) is 5.16 Å². The predicted octanol–water partition coefficient (Wildman–Crippen LogP) is 0.359. The second-order valence-corrected chi connectivity index (χ2v) is 5.99. The summed E-state index contributed by atoms with van der Waals surface area (Å²) in [7, 11) is 0. The molecule has 0 radical (unpaired) electrons. The number of likely N-dealkylation sites (tertiary alicyclic amines) is 1. The summed E-state index contributed by atoms with van der Waals surface area (Å²) in [6.07, 6.45) is 3.74. The van der Waals surface area contributed by atoms with Gasteiger partial charge >= 0.3 is 0 Å². The molecule has 118 valence electrons. The molecule has 2 aliphatic heterocycles. The van der Waals surface area contributed by atoms with E-state index in [1.54, 1.807) is 0 Å². The Morgan fingerprint density at radius 1 is 1.36 bits per heavy atom. The third kappa shape index (κ3) is 2.77. The molecule has 0 bridgehead atoms. The Kier molecular flexibility index (Phi) is 3.65. The molecule has 2 aromatic rings. The molecule has 8 nitrogen and oxygen atoms in total. The molecule has 2 saturated heterocycles. The Morgan fingerprint density at radius 2 is 2.27 bits per heavy atom. The minimum absolute atomic E-state index is 0.0992. The lowest BCUT2D eigenvalue weighted by Crippen LogP contribution is -2.61. The SMILES string of the molecule is Cc1noc(C2CN(C3CN(Cc4cn[nH]c4)C3)CCO2)n1. The van der Waals surface area contributed by atoms with E-state index in [1.165, 1.54) is 5.56 Å². The van der Waals surface area contributed by atoms with Crippen LogP contribution in [0.5, 0.6) is 0 Å². The van der Waals surface area contributed by atoms with Gasteiger partial charge < -0.3 is 9.26 Å². The number of aromatic nitrogens is 4. The Hall–Kier alpha value is -1.77. The van der Waals surface area contributed by atoms with Gasteiger partial charge in [-0.25, -0.2) is 0 Å². The Morgan fingerprint density at radius 3 is 3.00 bits per heavy atom. The molecule has 0 aliphatic carbocycles. The molecule has 0 spiro atoms. The fourth-order valence-electron chi connectivity index (χ4n) is 3.12. The van der Waals surface area contributed by atoms with E-state index in [1.807, 2.05) is 19.3 Å². The van der Waals surface area contributed by atoms with Crippen LogP contribution < -0.4 is 0 Å². The zero-order valence-electron chi connectivity index (χ0n) is 12.6. The smallest absolute Gasteiger partial charge is 0.257 e. The lowest BCUT2D eigenvalue weighted by atomic mass is 10.0. The molecule has 4 heterocycles. The van der Waals surface area contributed by atoms with E-state index in [2.05, 4.69) is 30.1 Å². The van der Waals surface area contributed by atoms with Crippen LogP contribution in [-0.4, -0.2) is 69.0 Å². The second-order valence-electron chi connectivity index (χ2n) is 5.99. The van der Waals surface area contributed by atoms with Crippen LogP contribution in [-0.2, 0) is 11.3 Å². The first kappa shape index (κ1) is 13.9. The standard InChI is InChI=1S/C14H20N6O2/c1-10-17-14(22-18-10)13-9-20(2-3-21-13)12-7-19(8-12)6-11-4-15-16-5-11/h4-5,12-13H,2-3,6-9H2,1H3,(H,15,16). The Balaban J connectivity index is 1.30. The van der Waals surface area contributed by atoms with Crippen molar-refractivity contribution >= 4 is 0 Å². The van der Waals surface area contributed by atoms with Crippen molar-refractivity contribution in [1.29, 1.82) is 0 Å². The van der Waals surface area contributed by atoms with Crippen molar-refractivity contribution in [3.05, 3.63) is 29.7 Å². The molecule has 1 unspecified atom stereocenters. The summed E-state index contributed by atoms with van der Waals surface area (Å²) in [6.45, 7) is 7.46. The van der Waals surface area contributed by atoms with Gasteiger partial charge in [-0.05, 0) is 6.92 Å². The van der Waals surface area contributed by atoms with E-state index in [4.69, 9.17) is 9.26 Å². The number of aromatic amines is 1. The molecule has 2 aliphatic rings. The first-order chi connectivity index (χ1) is 10.8. The van der Waals surface area contributed by atoms with Gasteiger partial charge in [0.15, 0.2) is 5.82 Å². The average molecular weight is 304 g/mol. The van der Waals surface area contributed by atoms with Crippen LogP contribution in [0.4, 0.5) is 0 Å². The number of hydrogen-bond acceptors (Lipinski definition) is 7. The number of hydrogen-bond donors (Lipinski definition) is 1. The van der Waals surface area contributed by atoms with Gasteiger partial charge in [-0.2, -0.15) is 10.1 Å². The summed E-state index contributed by atoms with van der Waals surface area (Å²) in [5.74, 6) is 1.25. The summed E-state index contributed by atoms with van der Waals surface area (Å²) in [4.78, 5) is 9.19. The number of H-pyrrole nitrogens is 1. The Labute approximate surface area is 128 Å². The van der Waals surface area contributed by atoms with Crippen molar-refractivity contribution in [3.8, 4) is 0 Å². The summed E-state index contributed by atoms with van der Waals surface area (Å²) in [6, 6.07) is 0.585. The van der Waals surface area contributed by atoms with E-state index in [0.29, 0.717) is 24.4 Å². The maximum atomic E-state index is 5.77. The highest BCUT2D eigenvalue weighted by molar-refractivity contribution is 5.04. The largest absolute Gasteiger partial charge is 0.366 e. The maximum absolute atomic E-state index is 5.77. The third-order valence-electron chi connectivity index (χ3n) is 4.33. The van der Waals surface area contributed by atoms with Gasteiger partial charge in [0.2, 0.25) is 0 Å². The number of ether oxygens (including phenoxy) is 1. The number of nitrogens with one attached hydrogen (secondary N) is 1. The molecule has 1 N–H and O–H groups in total. The molecule has 2 fully saturated rings. The second kappa shape index (κ2) is 5.79. The zero-order chi connectivity index (χ0) is 14.9. The molecule has 8 heteroatoms. The molecule has 0 saturated carbocycles. The van der Waals surface area contributed by atoms with Crippen LogP contribution in [0.25, 0.3) is 0 Å². The molecule has 22 heavy (non-hydrogen) atoms. The quantitative estimate of drug-likeness (QED) is 0.873. The molecule has 1 atom stereocenters. The average Bonchev–Trinajstić information content (AvgIpc) is 3.14. The third-order valence-corrected chi connectivity index (χ3v) is 4.33. The number of rotatable bonds is 4. The van der Waals surface area contributed by atoms with Crippen molar-refractivity contribution < 1.29 is 9.26 Å². The monoisotopic (exact) mass is 304 g/mol. The van der Waals surface area contributed by atoms with E-state index in [0.717, 1.165) is 32.7 Å². The number of aryl methyl sites for hydroxylation is 1. The van der Waals surface area contributed by atoms with Gasteiger partial charge in [-0.15, -0.1) is 0 Å².